The standard InChI is InChI=1S/C37H36N6O4S.C31H32BN5O5S.C31H31N5O2/c1-27-12-14-33(15-13-27)48(45,46)43-26-35(40-37(44)31-23-39-42(25-31)24-28-8-3-2-4-9-28)34-21-30(22-38-36(34)43)29-10-7-11-32(20-29)47-19-18-41-16-5-6-17-41;1-21-11-13-25(14-12-21)43(39,40)37-20-27(35-29(38)23-16-34-36(19-23)18-22-9-7-6-8-10-22)26-15-24(17-33-28(26)37)32-41-30(2,3)31(4,5)42-32;37-31(26-20-33-36(22-26)21-23-7-2-1-3-8-23)34-30-12-11-29-28(30)18-25(19-32-29)24-9-6-10-27(17-24)38-16-15-35-13-4-5-14-35/h2-4,7-15,20-23,25-26H,5-6,16-19,24H2,1H3,(H,40,44);6-17,19-20H,18H2,1-5H3,(H,35,38);1-3,6-10,12,17-20,22H,4-5,11,13-16,21H2,(H,34,37). The second kappa shape index (κ2) is 38.0. The van der Waals surface area contributed by atoms with Crippen LogP contribution in [0.2, 0.25) is 0 Å². The summed E-state index contributed by atoms with van der Waals surface area (Å²) in [6.45, 7) is 20.9. The summed E-state index contributed by atoms with van der Waals surface area (Å²) in [5.41, 5.74) is 13.0. The Balaban J connectivity index is 0.000000137. The van der Waals surface area contributed by atoms with Crippen molar-refractivity contribution in [1.29, 1.82) is 0 Å². The van der Waals surface area contributed by atoms with Gasteiger partial charge in [0, 0.05) is 108 Å². The Morgan fingerprint density at radius 3 is 1.28 bits per heavy atom. The fourth-order valence-corrected chi connectivity index (χ4v) is 18.5. The van der Waals surface area contributed by atoms with Gasteiger partial charge in [-0.1, -0.05) is 157 Å². The number of aryl methyl sites for hydroxylation is 2. The van der Waals surface area contributed by atoms with Crippen LogP contribution in [0.1, 0.15) is 124 Å². The summed E-state index contributed by atoms with van der Waals surface area (Å²) in [5, 5.41) is 22.8. The van der Waals surface area contributed by atoms with Crippen molar-refractivity contribution >= 4 is 89.5 Å². The second-order valence-electron chi connectivity index (χ2n) is 33.6. The fraction of sp³-hybridized carbons (Fsp3) is 0.242. The largest absolute Gasteiger partial charge is 0.496 e. The maximum Gasteiger partial charge on any atom is 0.496 e. The third-order valence-corrected chi connectivity index (χ3v) is 27.1. The summed E-state index contributed by atoms with van der Waals surface area (Å²) in [7, 11) is -8.79. The molecule has 3 amide bonds. The number of aromatic nitrogens is 11. The third-order valence-electron chi connectivity index (χ3n) is 23.8. The molecule has 656 valence electrons. The molecule has 19 rings (SSSR count). The summed E-state index contributed by atoms with van der Waals surface area (Å²) in [6, 6.07) is 64.5. The normalized spacial score (nSPS) is 14.8. The molecule has 11 heterocycles. The van der Waals surface area contributed by atoms with E-state index in [1.807, 2.05) is 187 Å². The molecule has 3 fully saturated rings. The fourth-order valence-electron chi connectivity index (χ4n) is 15.9. The molecule has 0 spiro atoms. The zero-order chi connectivity index (χ0) is 89.4. The summed E-state index contributed by atoms with van der Waals surface area (Å²) in [4.78, 5) is 58.9. The van der Waals surface area contributed by atoms with Gasteiger partial charge in [0.05, 0.1) is 93.0 Å². The lowest BCUT2D eigenvalue weighted by Gasteiger charge is -2.32. The number of rotatable bonds is 27. The van der Waals surface area contributed by atoms with Crippen molar-refractivity contribution in [2.45, 2.75) is 114 Å². The van der Waals surface area contributed by atoms with Crippen molar-refractivity contribution in [1.82, 2.24) is 67.4 Å². The molecule has 3 saturated heterocycles. The smallest absolute Gasteiger partial charge is 0.492 e. The van der Waals surface area contributed by atoms with Crippen LogP contribution in [-0.2, 0) is 55.4 Å². The van der Waals surface area contributed by atoms with Gasteiger partial charge < -0.3 is 34.7 Å². The molecule has 0 saturated carbocycles. The SMILES string of the molecule is Cc1ccc(S(=O)(=O)n2cc(NC(=O)c3cnn(Cc4ccccc4)c3)c3cc(-c4cccc(OCCN5CCCC5)c4)cnc32)cc1.Cc1ccc(S(=O)(=O)n2cc(NC(=O)c3cnn(Cc4ccccc4)c3)c3cc(B4OC(C)(C)C(C)(C)O4)cnc32)cc1.O=C(NC1=CCc2ncc(-c3cccc(OCCN4CCCC4)c3)cc21)c1cnn(Cc2ccccc2)c1. The van der Waals surface area contributed by atoms with Crippen molar-refractivity contribution in [2.75, 3.05) is 63.1 Å². The van der Waals surface area contributed by atoms with Crippen molar-refractivity contribution in [3.8, 4) is 33.8 Å². The molecular weight excluding hydrogens is 1660 g/mol. The van der Waals surface area contributed by atoms with Gasteiger partial charge in [-0.3, -0.25) is 43.2 Å². The third kappa shape index (κ3) is 20.3. The van der Waals surface area contributed by atoms with Gasteiger partial charge in [-0.25, -0.2) is 34.7 Å². The first-order chi connectivity index (χ1) is 62.4. The van der Waals surface area contributed by atoms with E-state index in [2.05, 4.69) is 69.2 Å². The van der Waals surface area contributed by atoms with E-state index >= 15 is 0 Å². The number of fused-ring (bicyclic) bond motifs is 3. The minimum absolute atomic E-state index is 0.104. The Morgan fingerprint density at radius 1 is 0.434 bits per heavy atom. The van der Waals surface area contributed by atoms with Crippen LogP contribution in [0.3, 0.4) is 0 Å². The Labute approximate surface area is 749 Å². The number of benzene rings is 7. The highest BCUT2D eigenvalue weighted by molar-refractivity contribution is 7.90. The zero-order valence-corrected chi connectivity index (χ0v) is 74.2. The van der Waals surface area contributed by atoms with Crippen LogP contribution < -0.4 is 30.9 Å². The average molecular weight is 1760 g/mol. The van der Waals surface area contributed by atoms with Crippen LogP contribution in [0.4, 0.5) is 11.4 Å². The zero-order valence-electron chi connectivity index (χ0n) is 72.6. The van der Waals surface area contributed by atoms with Crippen molar-refractivity contribution in [2.24, 2.45) is 0 Å². The number of ether oxygens (including phenoxy) is 2. The van der Waals surface area contributed by atoms with Crippen LogP contribution in [0.5, 0.6) is 11.5 Å². The van der Waals surface area contributed by atoms with E-state index in [0.29, 0.717) is 77.9 Å². The number of hydrogen-bond donors (Lipinski definition) is 3. The van der Waals surface area contributed by atoms with Gasteiger partial charge in [-0.15, -0.1) is 0 Å². The molecule has 129 heavy (non-hydrogen) atoms. The Morgan fingerprint density at radius 2 is 0.837 bits per heavy atom. The minimum Gasteiger partial charge on any atom is -0.492 e. The number of amides is 3. The van der Waals surface area contributed by atoms with E-state index in [0.717, 1.165) is 113 Å². The molecule has 0 radical (unpaired) electrons. The predicted molar refractivity (Wildman–Crippen MR) is 499 cm³/mol. The number of anilines is 2. The number of nitrogens with one attached hydrogen (secondary N) is 3. The lowest BCUT2D eigenvalue weighted by molar-refractivity contribution is 0.00578. The highest BCUT2D eigenvalue weighted by Crippen LogP contribution is 2.39. The predicted octanol–water partition coefficient (Wildman–Crippen LogP) is 15.4. The second-order valence-corrected chi connectivity index (χ2v) is 37.3. The van der Waals surface area contributed by atoms with Crippen LogP contribution in [0.25, 0.3) is 50.0 Å². The number of carbonyl (C=O) groups is 3. The Kier molecular flexibility index (Phi) is 25.8. The first kappa shape index (κ1) is 87.3. The molecular formula is C99H99BN16O11S2. The van der Waals surface area contributed by atoms with Gasteiger partial charge in [0.2, 0.25) is 0 Å². The van der Waals surface area contributed by atoms with E-state index in [4.69, 9.17) is 23.8 Å². The number of hydrogen-bond acceptors (Lipinski definition) is 19. The summed E-state index contributed by atoms with van der Waals surface area (Å²) in [6.07, 6.45) is 25.3. The molecule has 4 aliphatic rings. The van der Waals surface area contributed by atoms with Gasteiger partial charge >= 0.3 is 7.12 Å². The molecule has 1 aliphatic carbocycles. The molecule has 3 N–H and O–H groups in total. The Hall–Kier alpha value is -13.7. The monoisotopic (exact) mass is 1760 g/mol. The molecule has 3 aliphatic heterocycles. The van der Waals surface area contributed by atoms with Crippen molar-refractivity contribution < 1.29 is 50.0 Å². The molecule has 8 aromatic heterocycles. The van der Waals surface area contributed by atoms with Gasteiger partial charge in [0.25, 0.3) is 37.8 Å². The lowest BCUT2D eigenvalue weighted by Crippen LogP contribution is -2.41. The van der Waals surface area contributed by atoms with E-state index < -0.39 is 50.2 Å². The van der Waals surface area contributed by atoms with Crippen molar-refractivity contribution in [3.05, 3.63) is 336 Å². The van der Waals surface area contributed by atoms with Gasteiger partial charge in [-0.05, 0) is 188 Å². The van der Waals surface area contributed by atoms with Gasteiger partial charge in [0.15, 0.2) is 11.3 Å². The van der Waals surface area contributed by atoms with Gasteiger partial charge in [-0.2, -0.15) is 15.3 Å². The Bertz CT molecular complexity index is 6830. The summed E-state index contributed by atoms with van der Waals surface area (Å²) >= 11 is 0. The number of allylic oxidation sites excluding steroid dienone is 1. The molecule has 0 atom stereocenters. The molecule has 0 unspecified atom stereocenters. The van der Waals surface area contributed by atoms with Crippen molar-refractivity contribution in [3.63, 3.8) is 0 Å². The number of nitrogens with zero attached hydrogens (tertiary/aromatic N) is 13. The van der Waals surface area contributed by atoms with E-state index in [1.54, 1.807) is 106 Å². The average Bonchev–Trinajstić information content (AvgIpc) is 1.60. The molecule has 27 nitrogen and oxygen atoms in total. The maximum atomic E-state index is 13.9. The number of likely N-dealkylation sites (tertiary alicyclic amines) is 2. The summed E-state index contributed by atoms with van der Waals surface area (Å²) in [5.74, 6) is 0.570. The minimum atomic E-state index is -4.04. The molecule has 0 bridgehead atoms. The highest BCUT2D eigenvalue weighted by atomic mass is 32.2. The van der Waals surface area contributed by atoms with E-state index in [9.17, 15) is 31.2 Å². The molecule has 7 aromatic carbocycles. The lowest BCUT2D eigenvalue weighted by atomic mass is 9.80. The van der Waals surface area contributed by atoms with Crippen LogP contribution >= 0.6 is 0 Å². The van der Waals surface area contributed by atoms with Crippen LogP contribution in [0, 0.1) is 13.8 Å². The van der Waals surface area contributed by atoms with E-state index in [1.165, 1.54) is 63.6 Å². The summed E-state index contributed by atoms with van der Waals surface area (Å²) < 4.78 is 87.2. The van der Waals surface area contributed by atoms with Gasteiger partial charge in [0.1, 0.15) is 24.7 Å². The highest BCUT2D eigenvalue weighted by Gasteiger charge is 2.52. The number of carbonyl (C=O) groups excluding carboxylic acids is 3. The topological polar surface area (TPSA) is 301 Å². The first-order valence-electron chi connectivity index (χ1n) is 43.1. The molecule has 30 heteroatoms. The number of pyridine rings is 3. The maximum absolute atomic E-state index is 13.9. The quantitative estimate of drug-likeness (QED) is 0.0403. The molecule has 15 aromatic rings. The van der Waals surface area contributed by atoms with Crippen LogP contribution in [0.15, 0.2) is 290 Å². The van der Waals surface area contributed by atoms with Crippen LogP contribution in [-0.4, -0.2) is 167 Å². The van der Waals surface area contributed by atoms with E-state index in [-0.39, 0.29) is 32.7 Å². The first-order valence-corrected chi connectivity index (χ1v) is 46.0.